The topological polar surface area (TPSA) is 63.9 Å². The highest BCUT2D eigenvalue weighted by Crippen LogP contribution is 2.54. The second-order valence-corrected chi connectivity index (χ2v) is 19.7. The van der Waals surface area contributed by atoms with Gasteiger partial charge in [-0.05, 0) is 162 Å². The summed E-state index contributed by atoms with van der Waals surface area (Å²) in [6.45, 7) is 19.4. The van der Waals surface area contributed by atoms with E-state index < -0.39 is 0 Å². The minimum absolute atomic E-state index is 0.00223. The maximum atomic E-state index is 5.43. The quantitative estimate of drug-likeness (QED) is 0.168. The van der Waals surface area contributed by atoms with Gasteiger partial charge in [0.2, 0.25) is 0 Å². The fraction of sp³-hybridized carbons (Fsp3) is 0.340. The van der Waals surface area contributed by atoms with Crippen molar-refractivity contribution < 1.29 is 0 Å². The van der Waals surface area contributed by atoms with Crippen LogP contribution in [0.15, 0.2) is 102 Å². The molecule has 0 spiro atoms. The van der Waals surface area contributed by atoms with Crippen LogP contribution < -0.4 is 0 Å². The van der Waals surface area contributed by atoms with Crippen molar-refractivity contribution in [1.29, 1.82) is 0 Å². The molecule has 0 saturated heterocycles. The molecule has 5 nitrogen and oxygen atoms in total. The van der Waals surface area contributed by atoms with Gasteiger partial charge in [0.1, 0.15) is 11.4 Å². The van der Waals surface area contributed by atoms with Crippen molar-refractivity contribution in [2.24, 2.45) is 4.99 Å². The van der Waals surface area contributed by atoms with E-state index in [1.165, 1.54) is 65.7 Å². The molecular formula is C53H53N5. The Bertz CT molecular complexity index is 2790. The van der Waals surface area contributed by atoms with E-state index in [0.29, 0.717) is 23.2 Å². The predicted molar refractivity (Wildman–Crippen MR) is 243 cm³/mol. The van der Waals surface area contributed by atoms with E-state index in [9.17, 15) is 0 Å². The van der Waals surface area contributed by atoms with Crippen LogP contribution in [0, 0.1) is 0 Å². The number of hydrogen-bond acceptors (Lipinski definition) is 5. The van der Waals surface area contributed by atoms with Crippen molar-refractivity contribution in [2.45, 2.75) is 116 Å². The summed E-state index contributed by atoms with van der Waals surface area (Å²) in [5, 5.41) is 7.35. The number of hydrogen-bond donors (Lipinski definition) is 0. The Hall–Kier alpha value is -5.55. The summed E-state index contributed by atoms with van der Waals surface area (Å²) in [6.07, 6.45) is 12.3. The Balaban J connectivity index is 1.45. The zero-order valence-electron chi connectivity index (χ0n) is 35.3. The molecule has 0 atom stereocenters. The monoisotopic (exact) mass is 759 g/mol. The molecule has 7 aromatic rings. The molecule has 0 unspecified atom stereocenters. The largest absolute Gasteiger partial charge is 0.258 e. The Morgan fingerprint density at radius 3 is 1.53 bits per heavy atom. The number of aliphatic imine (C=N–C) groups is 1. The van der Waals surface area contributed by atoms with Gasteiger partial charge in [0.15, 0.2) is 17.5 Å². The predicted octanol–water partition coefficient (Wildman–Crippen LogP) is 13.6. The molecule has 3 heterocycles. The van der Waals surface area contributed by atoms with Gasteiger partial charge in [-0.1, -0.05) is 110 Å². The minimum Gasteiger partial charge on any atom is -0.258 e. The molecule has 0 N–H and O–H groups in total. The average molecular weight is 760 g/mol. The zero-order chi connectivity index (χ0) is 40.2. The maximum absolute atomic E-state index is 5.43. The molecule has 0 amide bonds. The normalized spacial score (nSPS) is 18.9. The van der Waals surface area contributed by atoms with E-state index in [2.05, 4.69) is 128 Å². The van der Waals surface area contributed by atoms with Gasteiger partial charge in [0.05, 0.1) is 0 Å². The molecule has 2 aliphatic carbocycles. The van der Waals surface area contributed by atoms with Crippen LogP contribution in [0.4, 0.5) is 0 Å². The standard InChI is InChI=1S/C53H53N5/c1-50(2)22-24-52(5,6)41-30-37-35(28-39(41)50)45(34-19-15-17-32-16-9-10-18-33(32)34)36-29-40-42(53(7,8)25-23-51(40,3)4)31-38(36)46(37)49-57-47(43-20-11-13-26-54-43)56-48(58-49)44-21-12-14-27-55-44/h9-11,13,15-21,26-31H,12,14,22-25H2,1-8H3. The number of fused-ring (bicyclic) bond motifs is 5. The second-order valence-electron chi connectivity index (χ2n) is 19.7. The molecule has 58 heavy (non-hydrogen) atoms. The Morgan fingerprint density at radius 2 is 0.983 bits per heavy atom. The molecule has 0 bridgehead atoms. The average Bonchev–Trinajstić information content (AvgIpc) is 3.23. The van der Waals surface area contributed by atoms with E-state index in [1.54, 1.807) is 0 Å². The first-order chi connectivity index (χ1) is 27.7. The van der Waals surface area contributed by atoms with Crippen molar-refractivity contribution in [2.75, 3.05) is 0 Å². The molecule has 5 aromatic carbocycles. The van der Waals surface area contributed by atoms with Crippen LogP contribution in [0.25, 0.3) is 72.0 Å². The molecule has 2 aromatic heterocycles. The lowest BCUT2D eigenvalue weighted by molar-refractivity contribution is 0.332. The van der Waals surface area contributed by atoms with Crippen LogP contribution in [-0.2, 0) is 21.7 Å². The molecule has 10 rings (SSSR count). The number of rotatable bonds is 4. The van der Waals surface area contributed by atoms with E-state index in [1.807, 2.05) is 30.6 Å². The van der Waals surface area contributed by atoms with Crippen LogP contribution >= 0.6 is 0 Å². The smallest absolute Gasteiger partial charge is 0.182 e. The van der Waals surface area contributed by atoms with Crippen molar-refractivity contribution in [3.63, 3.8) is 0 Å². The molecule has 0 fully saturated rings. The highest BCUT2D eigenvalue weighted by molar-refractivity contribution is 6.23. The Morgan fingerprint density at radius 1 is 0.466 bits per heavy atom. The first kappa shape index (κ1) is 36.8. The van der Waals surface area contributed by atoms with Gasteiger partial charge in [-0.15, -0.1) is 0 Å². The fourth-order valence-electron chi connectivity index (χ4n) is 10.2. The number of benzene rings is 5. The van der Waals surface area contributed by atoms with Crippen molar-refractivity contribution >= 4 is 44.2 Å². The number of nitrogens with zero attached hydrogens (tertiary/aromatic N) is 5. The van der Waals surface area contributed by atoms with Crippen LogP contribution in [0.3, 0.4) is 0 Å². The number of aromatic nitrogens is 4. The summed E-state index contributed by atoms with van der Waals surface area (Å²) < 4.78 is 0. The van der Waals surface area contributed by atoms with Crippen LogP contribution in [0.5, 0.6) is 0 Å². The molecular weight excluding hydrogens is 707 g/mol. The summed E-state index contributed by atoms with van der Waals surface area (Å²) in [7, 11) is 0. The van der Waals surface area contributed by atoms with Crippen LogP contribution in [0.2, 0.25) is 0 Å². The van der Waals surface area contributed by atoms with Gasteiger partial charge in [0, 0.05) is 18.0 Å². The molecule has 0 radical (unpaired) electrons. The van der Waals surface area contributed by atoms with Crippen LogP contribution in [0.1, 0.15) is 122 Å². The molecule has 0 saturated carbocycles. The van der Waals surface area contributed by atoms with Gasteiger partial charge in [0.25, 0.3) is 0 Å². The van der Waals surface area contributed by atoms with Gasteiger partial charge >= 0.3 is 0 Å². The third-order valence-electron chi connectivity index (χ3n) is 14.0. The zero-order valence-corrected chi connectivity index (χ0v) is 35.3. The number of allylic oxidation sites excluding steroid dienone is 1. The lowest BCUT2D eigenvalue weighted by Gasteiger charge is -2.43. The maximum Gasteiger partial charge on any atom is 0.182 e. The molecule has 290 valence electrons. The van der Waals surface area contributed by atoms with Crippen molar-refractivity contribution in [3.8, 4) is 34.0 Å². The van der Waals surface area contributed by atoms with E-state index >= 15 is 0 Å². The minimum atomic E-state index is -0.00223. The third-order valence-corrected chi connectivity index (χ3v) is 14.0. The van der Waals surface area contributed by atoms with Gasteiger partial charge in [-0.2, -0.15) is 0 Å². The molecule has 3 aliphatic rings. The Labute approximate surface area is 342 Å². The number of pyridine rings is 1. The van der Waals surface area contributed by atoms with E-state index in [4.69, 9.17) is 24.9 Å². The lowest BCUT2D eigenvalue weighted by Crippen LogP contribution is -2.34. The van der Waals surface area contributed by atoms with Gasteiger partial charge < -0.3 is 0 Å². The molecule has 5 heteroatoms. The van der Waals surface area contributed by atoms with Gasteiger partial charge in [-0.3, -0.25) is 9.98 Å². The van der Waals surface area contributed by atoms with Crippen molar-refractivity contribution in [1.82, 2.24) is 19.9 Å². The summed E-state index contributed by atoms with van der Waals surface area (Å²) in [6, 6.07) is 31.8. The highest BCUT2D eigenvalue weighted by Gasteiger charge is 2.40. The highest BCUT2D eigenvalue weighted by atomic mass is 15.1. The second kappa shape index (κ2) is 13.0. The summed E-state index contributed by atoms with van der Waals surface area (Å²) in [5.41, 5.74) is 10.8. The fourth-order valence-corrected chi connectivity index (χ4v) is 10.2. The molecule has 1 aliphatic heterocycles. The van der Waals surface area contributed by atoms with E-state index in [0.717, 1.165) is 49.8 Å². The SMILES string of the molecule is CC1(C)CCC(C)(C)c2cc3c(-c4cccc5ccccc45)c4cc5c(cc4c(-c4nc(C6=CCCC=N6)nc(-c6ccccn6)n4)c3cc21)C(C)(C)CCC5(C)C. The first-order valence-corrected chi connectivity index (χ1v) is 21.2. The lowest BCUT2D eigenvalue weighted by atomic mass is 9.61. The first-order valence-electron chi connectivity index (χ1n) is 21.2. The Kier molecular flexibility index (Phi) is 8.23. The summed E-state index contributed by atoms with van der Waals surface area (Å²) in [4.78, 5) is 25.5. The van der Waals surface area contributed by atoms with Crippen molar-refractivity contribution in [3.05, 3.63) is 125 Å². The third kappa shape index (κ3) is 5.83. The van der Waals surface area contributed by atoms with Crippen LogP contribution in [-0.4, -0.2) is 26.2 Å². The summed E-state index contributed by atoms with van der Waals surface area (Å²) >= 11 is 0. The summed E-state index contributed by atoms with van der Waals surface area (Å²) in [5.74, 6) is 1.80. The van der Waals surface area contributed by atoms with Gasteiger partial charge in [-0.25, -0.2) is 15.0 Å². The van der Waals surface area contributed by atoms with E-state index in [-0.39, 0.29) is 21.7 Å².